The van der Waals surface area contributed by atoms with Crippen molar-refractivity contribution in [2.75, 3.05) is 12.0 Å². The molecule has 1 rings (SSSR count). The molecule has 0 saturated carbocycles. The van der Waals surface area contributed by atoms with Crippen LogP contribution in [-0.2, 0) is 19.9 Å². The van der Waals surface area contributed by atoms with Crippen molar-refractivity contribution in [3.63, 3.8) is 0 Å². The Morgan fingerprint density at radius 3 is 2.53 bits per heavy atom. The standard InChI is InChI=1S/C8H13N3O6S2/c1-5(4-18(2,14)15)11-19(16,17)7-6(8(12)13)3-9-10-7/h3,5,11H,4H2,1-2H3,(H,9,10)(H,12,13). The first-order valence-corrected chi connectivity index (χ1v) is 8.54. The van der Waals surface area contributed by atoms with Gasteiger partial charge >= 0.3 is 5.97 Å². The maximum absolute atomic E-state index is 11.9. The van der Waals surface area contributed by atoms with E-state index in [1.165, 1.54) is 6.92 Å². The second-order valence-corrected chi connectivity index (χ2v) is 7.87. The fourth-order valence-electron chi connectivity index (χ4n) is 1.44. The van der Waals surface area contributed by atoms with Crippen LogP contribution in [0.2, 0.25) is 0 Å². The Hall–Kier alpha value is -1.46. The molecule has 0 aliphatic carbocycles. The number of nitrogens with one attached hydrogen (secondary N) is 2. The molecule has 1 aromatic rings. The topological polar surface area (TPSA) is 146 Å². The summed E-state index contributed by atoms with van der Waals surface area (Å²) in [6, 6.07) is -0.898. The third-order valence-corrected chi connectivity index (χ3v) is 4.68. The van der Waals surface area contributed by atoms with E-state index >= 15 is 0 Å². The van der Waals surface area contributed by atoms with E-state index in [2.05, 4.69) is 14.9 Å². The lowest BCUT2D eigenvalue weighted by Gasteiger charge is -2.12. The van der Waals surface area contributed by atoms with Crippen LogP contribution >= 0.6 is 0 Å². The first kappa shape index (κ1) is 15.6. The van der Waals surface area contributed by atoms with Gasteiger partial charge in [0.2, 0.25) is 0 Å². The number of sulfonamides is 1. The van der Waals surface area contributed by atoms with Gasteiger partial charge in [-0.2, -0.15) is 5.10 Å². The number of carboxylic acid groups (broad SMARTS) is 1. The number of rotatable bonds is 6. The zero-order chi connectivity index (χ0) is 14.8. The second-order valence-electron chi connectivity index (χ2n) is 4.03. The number of sulfone groups is 1. The van der Waals surface area contributed by atoms with Gasteiger partial charge in [-0.3, -0.25) is 5.10 Å². The highest BCUT2D eigenvalue weighted by molar-refractivity contribution is 7.91. The summed E-state index contributed by atoms with van der Waals surface area (Å²) in [6.07, 6.45) is 1.83. The highest BCUT2D eigenvalue weighted by atomic mass is 32.2. The van der Waals surface area contributed by atoms with E-state index < -0.39 is 48.2 Å². The summed E-state index contributed by atoms with van der Waals surface area (Å²) in [6.45, 7) is 1.36. The highest BCUT2D eigenvalue weighted by Gasteiger charge is 2.27. The maximum atomic E-state index is 11.9. The predicted octanol–water partition coefficient (Wildman–Crippen LogP) is -1.18. The second kappa shape index (κ2) is 5.27. The van der Waals surface area contributed by atoms with Crippen molar-refractivity contribution in [1.29, 1.82) is 0 Å². The zero-order valence-corrected chi connectivity index (χ0v) is 11.7. The smallest absolute Gasteiger partial charge is 0.340 e. The summed E-state index contributed by atoms with van der Waals surface area (Å²) in [5.74, 6) is -1.85. The Bertz CT molecular complexity index is 675. The molecule has 0 bridgehead atoms. The largest absolute Gasteiger partial charge is 0.478 e. The molecular weight excluding hydrogens is 298 g/mol. The molecule has 1 aromatic heterocycles. The summed E-state index contributed by atoms with van der Waals surface area (Å²) in [5, 5.41) is 13.6. The number of H-pyrrole nitrogens is 1. The first-order chi connectivity index (χ1) is 8.53. The number of carbonyl (C=O) groups is 1. The number of carboxylic acids is 1. The highest BCUT2D eigenvalue weighted by Crippen LogP contribution is 2.12. The Kier molecular flexibility index (Phi) is 4.32. The van der Waals surface area contributed by atoms with E-state index in [4.69, 9.17) is 5.11 Å². The van der Waals surface area contributed by atoms with Crippen molar-refractivity contribution in [1.82, 2.24) is 14.9 Å². The van der Waals surface area contributed by atoms with Crippen LogP contribution in [0.1, 0.15) is 17.3 Å². The molecule has 108 valence electrons. The van der Waals surface area contributed by atoms with Crippen LogP contribution in [0.5, 0.6) is 0 Å². The van der Waals surface area contributed by atoms with Crippen molar-refractivity contribution in [3.8, 4) is 0 Å². The number of aromatic nitrogens is 2. The van der Waals surface area contributed by atoms with E-state index in [0.717, 1.165) is 12.5 Å². The third-order valence-electron chi connectivity index (χ3n) is 2.01. The van der Waals surface area contributed by atoms with Crippen molar-refractivity contribution in [2.45, 2.75) is 18.0 Å². The van der Waals surface area contributed by atoms with Gasteiger partial charge in [0.05, 0.1) is 11.9 Å². The van der Waals surface area contributed by atoms with Gasteiger partial charge in [0, 0.05) is 12.3 Å². The molecule has 0 aliphatic rings. The fraction of sp³-hybridized carbons (Fsp3) is 0.500. The van der Waals surface area contributed by atoms with Crippen LogP contribution in [-0.4, -0.2) is 56.2 Å². The molecule has 1 heterocycles. The van der Waals surface area contributed by atoms with E-state index in [-0.39, 0.29) is 0 Å². The van der Waals surface area contributed by atoms with E-state index in [1.54, 1.807) is 0 Å². The van der Waals surface area contributed by atoms with Gasteiger partial charge in [0.15, 0.2) is 5.03 Å². The summed E-state index contributed by atoms with van der Waals surface area (Å²) < 4.78 is 47.9. The van der Waals surface area contributed by atoms with Crippen LogP contribution in [0, 0.1) is 0 Å². The maximum Gasteiger partial charge on any atom is 0.340 e. The monoisotopic (exact) mass is 311 g/mol. The van der Waals surface area contributed by atoms with Gasteiger partial charge in [-0.25, -0.2) is 26.4 Å². The molecule has 0 aromatic carbocycles. The van der Waals surface area contributed by atoms with Crippen molar-refractivity contribution in [3.05, 3.63) is 11.8 Å². The lowest BCUT2D eigenvalue weighted by molar-refractivity contribution is 0.0692. The van der Waals surface area contributed by atoms with Crippen LogP contribution in [0.25, 0.3) is 0 Å². The van der Waals surface area contributed by atoms with Crippen LogP contribution in [0.15, 0.2) is 11.2 Å². The number of nitrogens with zero attached hydrogens (tertiary/aromatic N) is 1. The lowest BCUT2D eigenvalue weighted by Crippen LogP contribution is -2.38. The number of hydrogen-bond donors (Lipinski definition) is 3. The van der Waals surface area contributed by atoms with Gasteiger partial charge in [-0.15, -0.1) is 0 Å². The van der Waals surface area contributed by atoms with Gasteiger partial charge in [-0.05, 0) is 6.92 Å². The van der Waals surface area contributed by atoms with E-state index in [0.29, 0.717) is 0 Å². The van der Waals surface area contributed by atoms with Gasteiger partial charge in [-0.1, -0.05) is 0 Å². The molecule has 1 unspecified atom stereocenters. The molecule has 0 amide bonds. The molecule has 0 spiro atoms. The van der Waals surface area contributed by atoms with E-state index in [9.17, 15) is 21.6 Å². The van der Waals surface area contributed by atoms with Gasteiger partial charge in [0.25, 0.3) is 10.0 Å². The molecule has 1 atom stereocenters. The Labute approximate surface area is 110 Å². The minimum Gasteiger partial charge on any atom is -0.478 e. The lowest BCUT2D eigenvalue weighted by atomic mass is 10.4. The number of aromatic carboxylic acids is 1. The molecule has 3 N–H and O–H groups in total. The molecule has 11 heteroatoms. The molecule has 19 heavy (non-hydrogen) atoms. The average Bonchev–Trinajstić information content (AvgIpc) is 2.60. The summed E-state index contributed by atoms with van der Waals surface area (Å²) in [7, 11) is -7.54. The molecule has 0 saturated heterocycles. The Balaban J connectivity index is 2.99. The normalized spacial score (nSPS) is 14.2. The van der Waals surface area contributed by atoms with Crippen LogP contribution in [0.4, 0.5) is 0 Å². The molecular formula is C8H13N3O6S2. The number of hydrogen-bond acceptors (Lipinski definition) is 6. The number of aromatic amines is 1. The summed E-state index contributed by atoms with van der Waals surface area (Å²) in [4.78, 5) is 10.8. The van der Waals surface area contributed by atoms with Crippen molar-refractivity contribution >= 4 is 25.8 Å². The minimum absolute atomic E-state index is 0.400. The van der Waals surface area contributed by atoms with Gasteiger partial charge < -0.3 is 5.11 Å². The quantitative estimate of drug-likeness (QED) is 0.599. The van der Waals surface area contributed by atoms with Crippen LogP contribution in [0.3, 0.4) is 0 Å². The van der Waals surface area contributed by atoms with Gasteiger partial charge in [0.1, 0.15) is 15.4 Å². The van der Waals surface area contributed by atoms with Crippen LogP contribution < -0.4 is 4.72 Å². The Morgan fingerprint density at radius 2 is 2.05 bits per heavy atom. The fourth-order valence-corrected chi connectivity index (χ4v) is 3.87. The zero-order valence-electron chi connectivity index (χ0n) is 10.1. The molecule has 9 nitrogen and oxygen atoms in total. The molecule has 0 fully saturated rings. The third kappa shape index (κ3) is 4.29. The summed E-state index contributed by atoms with van der Waals surface area (Å²) in [5.41, 5.74) is -0.515. The Morgan fingerprint density at radius 1 is 1.47 bits per heavy atom. The predicted molar refractivity (Wildman–Crippen MR) is 65.0 cm³/mol. The molecule has 0 aliphatic heterocycles. The summed E-state index contributed by atoms with van der Waals surface area (Å²) >= 11 is 0. The molecule has 0 radical (unpaired) electrons. The average molecular weight is 311 g/mol. The minimum atomic E-state index is -4.18. The van der Waals surface area contributed by atoms with Crippen molar-refractivity contribution in [2.24, 2.45) is 0 Å². The SMILES string of the molecule is CC(CS(C)(=O)=O)NS(=O)(=O)c1[nH]ncc1C(=O)O. The van der Waals surface area contributed by atoms with Crippen molar-refractivity contribution < 1.29 is 26.7 Å². The first-order valence-electron chi connectivity index (χ1n) is 4.99. The van der Waals surface area contributed by atoms with E-state index in [1.807, 2.05) is 0 Å².